The van der Waals surface area contributed by atoms with E-state index in [9.17, 15) is 8.42 Å². The van der Waals surface area contributed by atoms with Gasteiger partial charge in [-0.15, -0.1) is 0 Å². The zero-order valence-electron chi connectivity index (χ0n) is 14.9. The Morgan fingerprint density at radius 3 is 2.59 bits per heavy atom. The molecule has 0 heterocycles. The van der Waals surface area contributed by atoms with Crippen LogP contribution in [0.3, 0.4) is 0 Å². The van der Waals surface area contributed by atoms with E-state index in [4.69, 9.17) is 0 Å². The molecule has 0 saturated heterocycles. The van der Waals surface area contributed by atoms with Crippen molar-refractivity contribution in [1.82, 2.24) is 0 Å². The van der Waals surface area contributed by atoms with Gasteiger partial charge in [0.05, 0.1) is 11.5 Å². The summed E-state index contributed by atoms with van der Waals surface area (Å²) in [5.41, 5.74) is 2.70. The molecule has 126 valence electrons. The van der Waals surface area contributed by atoms with Crippen LogP contribution in [0.4, 0.5) is 0 Å². The summed E-state index contributed by atoms with van der Waals surface area (Å²) < 4.78 is 24.6. The van der Waals surface area contributed by atoms with Crippen LogP contribution in [0.2, 0.25) is 0 Å². The maximum Gasteiger partial charge on any atom is 0.154 e. The SMILES string of the molecule is C/C=C\C(=C/C)CS(=O)(=O)CCC(C)C1=CCCC(C)(C)C1. The fourth-order valence-corrected chi connectivity index (χ4v) is 4.67. The highest BCUT2D eigenvalue weighted by Crippen LogP contribution is 2.38. The van der Waals surface area contributed by atoms with Crippen molar-refractivity contribution in [2.45, 2.75) is 60.3 Å². The molecule has 0 aromatic rings. The van der Waals surface area contributed by atoms with E-state index in [1.54, 1.807) is 0 Å². The molecule has 0 saturated carbocycles. The first-order valence-corrected chi connectivity index (χ1v) is 10.2. The van der Waals surface area contributed by atoms with Crippen molar-refractivity contribution in [2.24, 2.45) is 11.3 Å². The van der Waals surface area contributed by atoms with Gasteiger partial charge in [0.15, 0.2) is 9.84 Å². The molecule has 2 nitrogen and oxygen atoms in total. The van der Waals surface area contributed by atoms with E-state index in [-0.39, 0.29) is 11.5 Å². The Labute approximate surface area is 137 Å². The Morgan fingerprint density at radius 1 is 1.36 bits per heavy atom. The van der Waals surface area contributed by atoms with Crippen molar-refractivity contribution in [3.8, 4) is 0 Å². The maximum absolute atomic E-state index is 12.3. The summed E-state index contributed by atoms with van der Waals surface area (Å²) in [6.07, 6.45) is 12.2. The van der Waals surface area contributed by atoms with E-state index >= 15 is 0 Å². The van der Waals surface area contributed by atoms with Crippen molar-refractivity contribution in [3.05, 3.63) is 35.5 Å². The average molecular weight is 325 g/mol. The number of hydrogen-bond acceptors (Lipinski definition) is 2. The summed E-state index contributed by atoms with van der Waals surface area (Å²) in [6, 6.07) is 0. The summed E-state index contributed by atoms with van der Waals surface area (Å²) in [6.45, 7) is 10.6. The molecular weight excluding hydrogens is 292 g/mol. The van der Waals surface area contributed by atoms with Crippen molar-refractivity contribution in [1.29, 1.82) is 0 Å². The normalized spacial score (nSPS) is 21.0. The van der Waals surface area contributed by atoms with Gasteiger partial charge in [0.25, 0.3) is 0 Å². The molecule has 0 aliphatic heterocycles. The smallest absolute Gasteiger partial charge is 0.154 e. The molecule has 3 heteroatoms. The molecule has 1 aliphatic carbocycles. The van der Waals surface area contributed by atoms with E-state index in [0.29, 0.717) is 11.3 Å². The molecule has 0 bridgehead atoms. The van der Waals surface area contributed by atoms with Crippen LogP contribution >= 0.6 is 0 Å². The van der Waals surface area contributed by atoms with Gasteiger partial charge in [0, 0.05) is 0 Å². The highest BCUT2D eigenvalue weighted by molar-refractivity contribution is 7.91. The Kier molecular flexibility index (Phi) is 7.11. The minimum atomic E-state index is -3.02. The Morgan fingerprint density at radius 2 is 2.05 bits per heavy atom. The van der Waals surface area contributed by atoms with Crippen LogP contribution < -0.4 is 0 Å². The van der Waals surface area contributed by atoms with Gasteiger partial charge in [-0.3, -0.25) is 0 Å². The quantitative estimate of drug-likeness (QED) is 0.483. The standard InChI is InChI=1S/C19H32O2S/c1-6-9-17(7-2)15-22(20,21)13-11-16(3)18-10-8-12-19(4,5)14-18/h6-7,9-10,16H,8,11-15H2,1-5H3/b9-6-,17-7+. The molecule has 0 aromatic heterocycles. The highest BCUT2D eigenvalue weighted by atomic mass is 32.2. The summed E-state index contributed by atoms with van der Waals surface area (Å²) in [5, 5.41) is 0. The molecule has 0 fully saturated rings. The van der Waals surface area contributed by atoms with E-state index in [1.165, 1.54) is 12.0 Å². The van der Waals surface area contributed by atoms with Crippen molar-refractivity contribution in [3.63, 3.8) is 0 Å². The van der Waals surface area contributed by atoms with Crippen LogP contribution in [0.5, 0.6) is 0 Å². The molecule has 0 aromatic carbocycles. The summed E-state index contributed by atoms with van der Waals surface area (Å²) in [5.74, 6) is 0.802. The van der Waals surface area contributed by atoms with E-state index < -0.39 is 9.84 Å². The second kappa shape index (κ2) is 8.14. The third-order valence-corrected chi connectivity index (χ3v) is 6.17. The maximum atomic E-state index is 12.3. The second-order valence-corrected chi connectivity index (χ2v) is 9.49. The first-order valence-electron chi connectivity index (χ1n) is 8.36. The van der Waals surface area contributed by atoms with Gasteiger partial charge in [0.1, 0.15) is 0 Å². The molecule has 0 spiro atoms. The van der Waals surface area contributed by atoms with E-state index in [0.717, 1.165) is 24.8 Å². The summed E-state index contributed by atoms with van der Waals surface area (Å²) in [4.78, 5) is 0. The van der Waals surface area contributed by atoms with Crippen molar-refractivity contribution in [2.75, 3.05) is 11.5 Å². The van der Waals surface area contributed by atoms with Crippen LogP contribution in [-0.4, -0.2) is 19.9 Å². The number of sulfone groups is 1. The highest BCUT2D eigenvalue weighted by Gasteiger charge is 2.26. The zero-order chi connectivity index (χ0) is 16.8. The average Bonchev–Trinajstić information content (AvgIpc) is 2.43. The topological polar surface area (TPSA) is 34.1 Å². The van der Waals surface area contributed by atoms with Crippen LogP contribution in [-0.2, 0) is 9.84 Å². The first-order chi connectivity index (χ1) is 10.2. The lowest BCUT2D eigenvalue weighted by molar-refractivity contribution is 0.305. The summed E-state index contributed by atoms with van der Waals surface area (Å²) in [7, 11) is -3.02. The van der Waals surface area contributed by atoms with Crippen LogP contribution in [0.1, 0.15) is 60.3 Å². The molecule has 0 radical (unpaired) electrons. The molecule has 0 N–H and O–H groups in total. The lowest BCUT2D eigenvalue weighted by atomic mass is 9.74. The fourth-order valence-electron chi connectivity index (χ4n) is 3.05. The minimum absolute atomic E-state index is 0.158. The largest absolute Gasteiger partial charge is 0.228 e. The molecule has 22 heavy (non-hydrogen) atoms. The Bertz CT molecular complexity index is 548. The second-order valence-electron chi connectivity index (χ2n) is 7.30. The molecular formula is C19H32O2S. The van der Waals surface area contributed by atoms with Crippen molar-refractivity contribution >= 4 is 9.84 Å². The van der Waals surface area contributed by atoms with Crippen LogP contribution in [0.15, 0.2) is 35.5 Å². The van der Waals surface area contributed by atoms with E-state index in [1.807, 2.05) is 32.1 Å². The first kappa shape index (κ1) is 19.2. The number of hydrogen-bond donors (Lipinski definition) is 0. The van der Waals surface area contributed by atoms with Gasteiger partial charge >= 0.3 is 0 Å². The van der Waals surface area contributed by atoms with E-state index in [2.05, 4.69) is 26.8 Å². The van der Waals surface area contributed by atoms with Gasteiger partial charge in [-0.05, 0) is 56.4 Å². The molecule has 0 amide bonds. The fraction of sp³-hybridized carbons (Fsp3) is 0.684. The lowest BCUT2D eigenvalue weighted by Crippen LogP contribution is -2.21. The molecule has 1 atom stereocenters. The molecule has 1 aliphatic rings. The zero-order valence-corrected chi connectivity index (χ0v) is 15.7. The lowest BCUT2D eigenvalue weighted by Gasteiger charge is -2.32. The third-order valence-electron chi connectivity index (χ3n) is 4.54. The van der Waals surface area contributed by atoms with Crippen molar-refractivity contribution < 1.29 is 8.42 Å². The number of rotatable bonds is 7. The van der Waals surface area contributed by atoms with Gasteiger partial charge < -0.3 is 0 Å². The Balaban J connectivity index is 2.59. The van der Waals surface area contributed by atoms with Gasteiger partial charge in [-0.2, -0.15) is 0 Å². The van der Waals surface area contributed by atoms with Gasteiger partial charge in [-0.1, -0.05) is 50.6 Å². The molecule has 1 unspecified atom stereocenters. The minimum Gasteiger partial charge on any atom is -0.228 e. The predicted octanol–water partition coefficient (Wildman–Crippen LogP) is 5.09. The van der Waals surface area contributed by atoms with Gasteiger partial charge in [-0.25, -0.2) is 8.42 Å². The van der Waals surface area contributed by atoms with Crippen LogP contribution in [0, 0.1) is 11.3 Å². The number of allylic oxidation sites excluding steroid dienone is 5. The Hall–Kier alpha value is -0.830. The van der Waals surface area contributed by atoms with Gasteiger partial charge in [0.2, 0.25) is 0 Å². The van der Waals surface area contributed by atoms with Crippen LogP contribution in [0.25, 0.3) is 0 Å². The third kappa shape index (κ3) is 6.51. The predicted molar refractivity (Wildman–Crippen MR) is 96.7 cm³/mol. The summed E-state index contributed by atoms with van der Waals surface area (Å²) >= 11 is 0. The molecule has 1 rings (SSSR count). The monoisotopic (exact) mass is 324 g/mol.